The van der Waals surface area contributed by atoms with Crippen LogP contribution in [0, 0.1) is 5.92 Å². The van der Waals surface area contributed by atoms with Gasteiger partial charge in [0.25, 0.3) is 0 Å². The molecule has 0 aliphatic rings. The molecule has 2 atom stereocenters. The minimum Gasteiger partial charge on any atom is -0.376 e. The van der Waals surface area contributed by atoms with E-state index in [1.807, 2.05) is 18.4 Å². The van der Waals surface area contributed by atoms with Gasteiger partial charge in [0.1, 0.15) is 0 Å². The van der Waals surface area contributed by atoms with Crippen LogP contribution in [-0.4, -0.2) is 12.7 Å². The molecule has 1 aromatic rings. The van der Waals surface area contributed by atoms with E-state index in [1.165, 1.54) is 4.88 Å². The zero-order chi connectivity index (χ0) is 12.1. The lowest BCUT2D eigenvalue weighted by Gasteiger charge is -2.29. The van der Waals surface area contributed by atoms with Crippen LogP contribution in [0.2, 0.25) is 0 Å². The van der Waals surface area contributed by atoms with Crippen LogP contribution in [0.15, 0.2) is 15.9 Å². The number of thiophene rings is 1. The van der Waals surface area contributed by atoms with Crippen LogP contribution in [-0.2, 0) is 4.74 Å². The number of ether oxygens (including phenoxy) is 1. The molecule has 0 aliphatic carbocycles. The quantitative estimate of drug-likeness (QED) is 0.627. The summed E-state index contributed by atoms with van der Waals surface area (Å²) in [6.07, 6.45) is 0.0879. The fourth-order valence-corrected chi connectivity index (χ4v) is 3.43. The highest BCUT2D eigenvalue weighted by Gasteiger charge is 2.27. The number of nitrogens with one attached hydrogen (secondary N) is 1. The van der Waals surface area contributed by atoms with Crippen LogP contribution < -0.4 is 11.3 Å². The monoisotopic (exact) mass is 306 g/mol. The Morgan fingerprint density at radius 3 is 2.62 bits per heavy atom. The maximum Gasteiger partial charge on any atom is 0.0828 e. The van der Waals surface area contributed by atoms with Crippen molar-refractivity contribution in [3.63, 3.8) is 0 Å². The Bertz CT molecular complexity index is 317. The number of hydrogen-bond donors (Lipinski definition) is 2. The molecule has 0 amide bonds. The van der Waals surface area contributed by atoms with Gasteiger partial charge in [-0.25, -0.2) is 5.43 Å². The number of hydrogen-bond acceptors (Lipinski definition) is 4. The molecule has 0 bridgehead atoms. The highest BCUT2D eigenvalue weighted by molar-refractivity contribution is 9.10. The van der Waals surface area contributed by atoms with Gasteiger partial charge in [-0.3, -0.25) is 5.84 Å². The van der Waals surface area contributed by atoms with Crippen molar-refractivity contribution in [2.75, 3.05) is 6.61 Å². The van der Waals surface area contributed by atoms with Crippen LogP contribution in [0.4, 0.5) is 0 Å². The average Bonchev–Trinajstić information content (AvgIpc) is 2.65. The van der Waals surface area contributed by atoms with Crippen LogP contribution in [0.25, 0.3) is 0 Å². The van der Waals surface area contributed by atoms with E-state index >= 15 is 0 Å². The SMILES string of the molecule is CCOC(C(C)C)C(NN)c1sccc1Br. The summed E-state index contributed by atoms with van der Waals surface area (Å²) in [5, 5.41) is 2.05. The van der Waals surface area contributed by atoms with Gasteiger partial charge in [0, 0.05) is 16.0 Å². The highest BCUT2D eigenvalue weighted by Crippen LogP contribution is 2.33. The molecule has 0 aliphatic heterocycles. The fourth-order valence-electron chi connectivity index (χ4n) is 1.71. The summed E-state index contributed by atoms with van der Waals surface area (Å²) in [6.45, 7) is 6.99. The molecule has 0 fully saturated rings. The van der Waals surface area contributed by atoms with Crippen molar-refractivity contribution in [1.29, 1.82) is 0 Å². The van der Waals surface area contributed by atoms with Gasteiger partial charge in [0.2, 0.25) is 0 Å². The van der Waals surface area contributed by atoms with E-state index in [1.54, 1.807) is 11.3 Å². The third-order valence-corrected chi connectivity index (χ3v) is 4.41. The van der Waals surface area contributed by atoms with E-state index in [-0.39, 0.29) is 12.1 Å². The third-order valence-electron chi connectivity index (χ3n) is 2.45. The summed E-state index contributed by atoms with van der Waals surface area (Å²) >= 11 is 5.22. The Hall–Kier alpha value is 0.0600. The minimum absolute atomic E-state index is 0.0364. The summed E-state index contributed by atoms with van der Waals surface area (Å²) in [7, 11) is 0. The van der Waals surface area contributed by atoms with E-state index in [4.69, 9.17) is 10.6 Å². The van der Waals surface area contributed by atoms with Crippen LogP contribution in [0.3, 0.4) is 0 Å². The van der Waals surface area contributed by atoms with Crippen LogP contribution >= 0.6 is 27.3 Å². The van der Waals surface area contributed by atoms with Crippen LogP contribution in [0.5, 0.6) is 0 Å². The molecular weight excluding hydrogens is 288 g/mol. The van der Waals surface area contributed by atoms with E-state index in [2.05, 4.69) is 35.2 Å². The van der Waals surface area contributed by atoms with Gasteiger partial charge in [-0.05, 0) is 40.2 Å². The molecule has 16 heavy (non-hydrogen) atoms. The van der Waals surface area contributed by atoms with Gasteiger partial charge in [0.15, 0.2) is 0 Å². The normalized spacial score (nSPS) is 15.4. The molecule has 3 N–H and O–H groups in total. The maximum atomic E-state index is 5.78. The molecule has 3 nitrogen and oxygen atoms in total. The lowest BCUT2D eigenvalue weighted by Crippen LogP contribution is -2.40. The summed E-state index contributed by atoms with van der Waals surface area (Å²) in [6, 6.07) is 2.07. The third kappa shape index (κ3) is 3.28. The number of rotatable bonds is 6. The molecule has 2 unspecified atom stereocenters. The lowest BCUT2D eigenvalue weighted by atomic mass is 9.98. The van der Waals surface area contributed by atoms with E-state index < -0.39 is 0 Å². The number of hydrazine groups is 1. The van der Waals surface area contributed by atoms with Gasteiger partial charge < -0.3 is 4.74 Å². The largest absolute Gasteiger partial charge is 0.376 e. The molecule has 1 heterocycles. The van der Waals surface area contributed by atoms with Crippen molar-refractivity contribution in [3.05, 3.63) is 20.8 Å². The fraction of sp³-hybridized carbons (Fsp3) is 0.636. The molecule has 0 radical (unpaired) electrons. The molecule has 5 heteroatoms. The number of halogens is 1. The van der Waals surface area contributed by atoms with Crippen molar-refractivity contribution in [1.82, 2.24) is 5.43 Å². The standard InChI is InChI=1S/C11H19BrN2OS/c1-4-15-10(7(2)3)9(14-13)11-8(12)5-6-16-11/h5-7,9-10,14H,4,13H2,1-3H3. The molecule has 0 spiro atoms. The molecule has 1 aromatic heterocycles. The van der Waals surface area contributed by atoms with Crippen molar-refractivity contribution < 1.29 is 4.74 Å². The zero-order valence-electron chi connectivity index (χ0n) is 9.87. The van der Waals surface area contributed by atoms with Crippen molar-refractivity contribution in [2.45, 2.75) is 32.9 Å². The average molecular weight is 307 g/mol. The Morgan fingerprint density at radius 1 is 1.56 bits per heavy atom. The Kier molecular flexibility index (Phi) is 5.92. The first-order chi connectivity index (χ1) is 7.61. The van der Waals surface area contributed by atoms with Gasteiger partial charge in [-0.1, -0.05) is 13.8 Å². The van der Waals surface area contributed by atoms with Crippen molar-refractivity contribution in [2.24, 2.45) is 11.8 Å². The molecule has 1 rings (SSSR count). The minimum atomic E-state index is 0.0364. The highest BCUT2D eigenvalue weighted by atomic mass is 79.9. The summed E-state index contributed by atoms with van der Waals surface area (Å²) in [4.78, 5) is 1.19. The van der Waals surface area contributed by atoms with Gasteiger partial charge in [0.05, 0.1) is 12.1 Å². The second-order valence-corrected chi connectivity index (χ2v) is 5.74. The lowest BCUT2D eigenvalue weighted by molar-refractivity contribution is 0.00347. The second-order valence-electron chi connectivity index (χ2n) is 3.94. The zero-order valence-corrected chi connectivity index (χ0v) is 12.3. The maximum absolute atomic E-state index is 5.78. The first-order valence-electron chi connectivity index (χ1n) is 5.42. The summed E-state index contributed by atoms with van der Waals surface area (Å²) in [5.41, 5.74) is 2.87. The molecular formula is C11H19BrN2OS. The predicted octanol–water partition coefficient (Wildman–Crippen LogP) is 3.08. The molecule has 0 saturated carbocycles. The van der Waals surface area contributed by atoms with E-state index in [9.17, 15) is 0 Å². The second kappa shape index (κ2) is 6.71. The van der Waals surface area contributed by atoms with Crippen LogP contribution in [0.1, 0.15) is 31.7 Å². The first kappa shape index (κ1) is 14.1. The van der Waals surface area contributed by atoms with Crippen molar-refractivity contribution in [3.8, 4) is 0 Å². The molecule has 0 aromatic carbocycles. The van der Waals surface area contributed by atoms with Gasteiger partial charge in [-0.2, -0.15) is 0 Å². The predicted molar refractivity (Wildman–Crippen MR) is 72.3 cm³/mol. The van der Waals surface area contributed by atoms with Crippen molar-refractivity contribution >= 4 is 27.3 Å². The smallest absolute Gasteiger partial charge is 0.0828 e. The Labute approximate surface area is 109 Å². The summed E-state index contributed by atoms with van der Waals surface area (Å²) in [5.74, 6) is 6.07. The Morgan fingerprint density at radius 2 is 2.25 bits per heavy atom. The molecule has 0 saturated heterocycles. The number of nitrogens with two attached hydrogens (primary N) is 1. The topological polar surface area (TPSA) is 47.3 Å². The van der Waals surface area contributed by atoms with Gasteiger partial charge >= 0.3 is 0 Å². The van der Waals surface area contributed by atoms with E-state index in [0.717, 1.165) is 4.47 Å². The van der Waals surface area contributed by atoms with Gasteiger partial charge in [-0.15, -0.1) is 11.3 Å². The van der Waals surface area contributed by atoms with E-state index in [0.29, 0.717) is 12.5 Å². The molecule has 92 valence electrons. The Balaban J connectivity index is 2.90. The first-order valence-corrected chi connectivity index (χ1v) is 7.09. The summed E-state index contributed by atoms with van der Waals surface area (Å²) < 4.78 is 6.87.